The summed E-state index contributed by atoms with van der Waals surface area (Å²) in [6, 6.07) is 5.84. The van der Waals surface area contributed by atoms with E-state index in [1.165, 1.54) is 0 Å². The lowest BCUT2D eigenvalue weighted by Gasteiger charge is -2.31. The normalized spacial score (nSPS) is 21.5. The second-order valence-corrected chi connectivity index (χ2v) is 8.55. The van der Waals surface area contributed by atoms with Crippen LogP contribution in [0, 0.1) is 0 Å². The highest BCUT2D eigenvalue weighted by Gasteiger charge is 2.25. The molecule has 1 aliphatic heterocycles. The van der Waals surface area contributed by atoms with E-state index >= 15 is 0 Å². The molecule has 0 unspecified atom stereocenters. The van der Waals surface area contributed by atoms with Gasteiger partial charge < -0.3 is 25.4 Å². The second-order valence-electron chi connectivity index (χ2n) is 8.16. The van der Waals surface area contributed by atoms with Gasteiger partial charge in [0.15, 0.2) is 0 Å². The molecule has 1 aliphatic carbocycles. The fraction of sp³-hybridized carbons (Fsp3) is 0.455. The Hall–Kier alpha value is -2.91. The molecule has 168 valence electrons. The van der Waals surface area contributed by atoms with Gasteiger partial charge in [0.2, 0.25) is 11.8 Å². The van der Waals surface area contributed by atoms with Crippen molar-refractivity contribution in [2.45, 2.75) is 37.8 Å². The smallest absolute Gasteiger partial charge is 0.225 e. The lowest BCUT2D eigenvalue weighted by molar-refractivity contribution is 0.122. The maximum atomic E-state index is 6.43. The molecule has 10 heteroatoms. The van der Waals surface area contributed by atoms with Crippen LogP contribution < -0.4 is 20.7 Å². The topological polar surface area (TPSA) is 111 Å². The molecule has 4 heterocycles. The Labute approximate surface area is 191 Å². The quantitative estimate of drug-likeness (QED) is 0.559. The molecule has 0 spiro atoms. The molecule has 0 amide bonds. The van der Waals surface area contributed by atoms with E-state index in [9.17, 15) is 0 Å². The third kappa shape index (κ3) is 4.78. The highest BCUT2D eigenvalue weighted by atomic mass is 35.5. The van der Waals surface area contributed by atoms with Crippen LogP contribution in [0.15, 0.2) is 30.6 Å². The third-order valence-corrected chi connectivity index (χ3v) is 6.10. The lowest BCUT2D eigenvalue weighted by Crippen LogP contribution is -2.37. The molecular formula is C22H26ClN7O2. The fourth-order valence-electron chi connectivity index (χ4n) is 4.21. The Morgan fingerprint density at radius 3 is 2.69 bits per heavy atom. The maximum Gasteiger partial charge on any atom is 0.225 e. The largest absolute Gasteiger partial charge is 0.474 e. The summed E-state index contributed by atoms with van der Waals surface area (Å²) in [4.78, 5) is 20.0. The van der Waals surface area contributed by atoms with Gasteiger partial charge in [-0.3, -0.25) is 4.98 Å². The van der Waals surface area contributed by atoms with Crippen molar-refractivity contribution in [3.05, 3.63) is 35.7 Å². The van der Waals surface area contributed by atoms with Gasteiger partial charge in [-0.2, -0.15) is 4.98 Å². The molecule has 2 aliphatic rings. The number of nitrogen functional groups attached to an aromatic ring is 1. The molecule has 3 aromatic rings. The van der Waals surface area contributed by atoms with Crippen molar-refractivity contribution in [1.29, 1.82) is 0 Å². The number of halogens is 1. The molecule has 1 saturated heterocycles. The SMILES string of the molecule is Nc1cnc2cc(N3CCOCC3)nc(OC3CCC(Nc4nccc(Cl)n4)CC3)c2c1. The molecule has 1 saturated carbocycles. The van der Waals surface area contributed by atoms with Crippen molar-refractivity contribution in [1.82, 2.24) is 19.9 Å². The summed E-state index contributed by atoms with van der Waals surface area (Å²) in [5.41, 5.74) is 7.43. The summed E-state index contributed by atoms with van der Waals surface area (Å²) >= 11 is 5.96. The zero-order chi connectivity index (χ0) is 21.9. The van der Waals surface area contributed by atoms with Crippen LogP contribution >= 0.6 is 11.6 Å². The fourth-order valence-corrected chi connectivity index (χ4v) is 4.35. The average molecular weight is 456 g/mol. The van der Waals surface area contributed by atoms with Gasteiger partial charge in [0.1, 0.15) is 17.1 Å². The highest BCUT2D eigenvalue weighted by Crippen LogP contribution is 2.32. The number of rotatable bonds is 5. The van der Waals surface area contributed by atoms with Gasteiger partial charge in [-0.25, -0.2) is 9.97 Å². The second kappa shape index (κ2) is 9.30. The van der Waals surface area contributed by atoms with E-state index in [1.54, 1.807) is 18.5 Å². The summed E-state index contributed by atoms with van der Waals surface area (Å²) in [7, 11) is 0. The number of hydrogen-bond acceptors (Lipinski definition) is 9. The van der Waals surface area contributed by atoms with Crippen LogP contribution in [0.5, 0.6) is 5.88 Å². The van der Waals surface area contributed by atoms with Gasteiger partial charge in [0.25, 0.3) is 0 Å². The predicted molar refractivity (Wildman–Crippen MR) is 124 cm³/mol. The first kappa shape index (κ1) is 21.0. The van der Waals surface area contributed by atoms with Gasteiger partial charge in [0, 0.05) is 31.4 Å². The number of nitrogens with zero attached hydrogens (tertiary/aromatic N) is 5. The molecule has 5 rings (SSSR count). The van der Waals surface area contributed by atoms with Gasteiger partial charge >= 0.3 is 0 Å². The van der Waals surface area contributed by atoms with E-state index in [0.29, 0.717) is 35.9 Å². The molecule has 3 aromatic heterocycles. The van der Waals surface area contributed by atoms with Crippen molar-refractivity contribution < 1.29 is 9.47 Å². The number of fused-ring (bicyclic) bond motifs is 1. The van der Waals surface area contributed by atoms with E-state index in [1.807, 2.05) is 12.1 Å². The number of nitrogens with one attached hydrogen (secondary N) is 1. The zero-order valence-electron chi connectivity index (χ0n) is 17.7. The van der Waals surface area contributed by atoms with Crippen LogP contribution in [-0.4, -0.2) is 58.4 Å². The van der Waals surface area contributed by atoms with E-state index in [4.69, 9.17) is 31.8 Å². The minimum atomic E-state index is 0.0744. The van der Waals surface area contributed by atoms with Gasteiger partial charge in [0.05, 0.1) is 36.0 Å². The van der Waals surface area contributed by atoms with Crippen LogP contribution in [0.3, 0.4) is 0 Å². The number of anilines is 3. The van der Waals surface area contributed by atoms with Crippen LogP contribution in [0.1, 0.15) is 25.7 Å². The summed E-state index contributed by atoms with van der Waals surface area (Å²) in [6.07, 6.45) is 7.10. The Balaban J connectivity index is 1.30. The molecule has 0 radical (unpaired) electrons. The molecule has 0 bridgehead atoms. The highest BCUT2D eigenvalue weighted by molar-refractivity contribution is 6.29. The number of hydrogen-bond donors (Lipinski definition) is 2. The monoisotopic (exact) mass is 455 g/mol. The summed E-state index contributed by atoms with van der Waals surface area (Å²) < 4.78 is 11.9. The summed E-state index contributed by atoms with van der Waals surface area (Å²) in [5.74, 6) is 2.02. The van der Waals surface area contributed by atoms with Crippen molar-refractivity contribution in [3.63, 3.8) is 0 Å². The van der Waals surface area contributed by atoms with Crippen LogP contribution in [0.2, 0.25) is 5.15 Å². The Bertz CT molecular complexity index is 1090. The van der Waals surface area contributed by atoms with Crippen molar-refractivity contribution in [3.8, 4) is 5.88 Å². The number of pyridine rings is 2. The lowest BCUT2D eigenvalue weighted by atomic mass is 9.93. The molecule has 3 N–H and O–H groups in total. The van der Waals surface area contributed by atoms with Crippen molar-refractivity contribution in [2.75, 3.05) is 42.3 Å². The number of ether oxygens (including phenoxy) is 2. The first-order chi connectivity index (χ1) is 15.6. The van der Waals surface area contributed by atoms with Crippen LogP contribution in [0.25, 0.3) is 10.9 Å². The molecule has 9 nitrogen and oxygen atoms in total. The standard InChI is InChI=1S/C22H26ClN7O2/c23-19-5-6-25-22(28-19)27-15-1-3-16(4-2-15)32-21-17-11-14(24)13-26-18(17)12-20(29-21)30-7-9-31-10-8-30/h5-6,11-13,15-16H,1-4,7-10,24H2,(H,25,27,28). The van der Waals surface area contributed by atoms with E-state index in [2.05, 4.69) is 25.2 Å². The first-order valence-electron chi connectivity index (χ1n) is 10.9. The Morgan fingerprint density at radius 1 is 1.09 bits per heavy atom. The van der Waals surface area contributed by atoms with Crippen LogP contribution in [0.4, 0.5) is 17.5 Å². The Morgan fingerprint density at radius 2 is 1.91 bits per heavy atom. The minimum absolute atomic E-state index is 0.0744. The van der Waals surface area contributed by atoms with E-state index in [0.717, 1.165) is 55.5 Å². The van der Waals surface area contributed by atoms with E-state index < -0.39 is 0 Å². The third-order valence-electron chi connectivity index (χ3n) is 5.89. The molecule has 0 atom stereocenters. The average Bonchev–Trinajstić information content (AvgIpc) is 2.81. The molecular weight excluding hydrogens is 430 g/mol. The number of nitrogens with two attached hydrogens (primary N) is 1. The van der Waals surface area contributed by atoms with E-state index in [-0.39, 0.29) is 12.1 Å². The predicted octanol–water partition coefficient (Wildman–Crippen LogP) is 3.29. The maximum absolute atomic E-state index is 6.43. The van der Waals surface area contributed by atoms with Gasteiger partial charge in [-0.1, -0.05) is 11.6 Å². The van der Waals surface area contributed by atoms with Gasteiger partial charge in [-0.15, -0.1) is 0 Å². The van der Waals surface area contributed by atoms with Crippen molar-refractivity contribution in [2.24, 2.45) is 0 Å². The van der Waals surface area contributed by atoms with Crippen LogP contribution in [-0.2, 0) is 4.74 Å². The number of aromatic nitrogens is 4. The van der Waals surface area contributed by atoms with Crippen molar-refractivity contribution >= 4 is 40.0 Å². The summed E-state index contributed by atoms with van der Waals surface area (Å²) in [5, 5.41) is 4.65. The molecule has 2 fully saturated rings. The number of morpholine rings is 1. The Kier molecular flexibility index (Phi) is 6.09. The first-order valence-corrected chi connectivity index (χ1v) is 11.3. The minimum Gasteiger partial charge on any atom is -0.474 e. The van der Waals surface area contributed by atoms with Gasteiger partial charge in [-0.05, 0) is 37.8 Å². The molecule has 0 aromatic carbocycles. The zero-order valence-corrected chi connectivity index (χ0v) is 18.5. The summed E-state index contributed by atoms with van der Waals surface area (Å²) in [6.45, 7) is 2.99. The molecule has 32 heavy (non-hydrogen) atoms.